The Labute approximate surface area is 115 Å². The van der Waals surface area contributed by atoms with E-state index >= 15 is 0 Å². The van der Waals surface area contributed by atoms with Gasteiger partial charge in [0.1, 0.15) is 17.2 Å². The van der Waals surface area contributed by atoms with Gasteiger partial charge in [-0.2, -0.15) is 0 Å². The van der Waals surface area contributed by atoms with Crippen LogP contribution in [0.5, 0.6) is 17.2 Å². The summed E-state index contributed by atoms with van der Waals surface area (Å²) >= 11 is 5.85. The number of hydrogen-bond donors (Lipinski definition) is 4. The Morgan fingerprint density at radius 1 is 0.895 bits per heavy atom. The van der Waals surface area contributed by atoms with Crippen LogP contribution in [0.15, 0.2) is 24.3 Å². The molecule has 0 amide bonds. The van der Waals surface area contributed by atoms with Crippen LogP contribution in [0.1, 0.15) is 11.1 Å². The third-order valence-electron chi connectivity index (χ3n) is 3.07. The minimum Gasteiger partial charge on any atom is -0.508 e. The SMILES string of the molecule is Cc1c(O)cc(Nc2cc(Cl)ccc2O)c(O)c1C. The van der Waals surface area contributed by atoms with Crippen LogP contribution in [0.4, 0.5) is 11.4 Å². The molecule has 2 aromatic carbocycles. The molecule has 0 bridgehead atoms. The number of rotatable bonds is 2. The van der Waals surface area contributed by atoms with Crippen LogP contribution < -0.4 is 5.32 Å². The maximum atomic E-state index is 10.0. The Balaban J connectivity index is 2.47. The first-order chi connectivity index (χ1) is 8.90. The van der Waals surface area contributed by atoms with E-state index in [2.05, 4.69) is 5.32 Å². The van der Waals surface area contributed by atoms with Crippen LogP contribution in [-0.4, -0.2) is 15.3 Å². The van der Waals surface area contributed by atoms with Gasteiger partial charge in [0.2, 0.25) is 0 Å². The maximum Gasteiger partial charge on any atom is 0.142 e. The lowest BCUT2D eigenvalue weighted by molar-refractivity contribution is 0.455. The number of nitrogens with one attached hydrogen (secondary N) is 1. The minimum absolute atomic E-state index is 0.00141. The molecule has 5 heteroatoms. The van der Waals surface area contributed by atoms with Crippen molar-refractivity contribution in [2.75, 3.05) is 5.32 Å². The van der Waals surface area contributed by atoms with Gasteiger partial charge < -0.3 is 20.6 Å². The summed E-state index contributed by atoms with van der Waals surface area (Å²) in [5.41, 5.74) is 1.84. The minimum atomic E-state index is 0.00141. The molecule has 0 saturated heterocycles. The zero-order valence-corrected chi connectivity index (χ0v) is 11.3. The van der Waals surface area contributed by atoms with Crippen molar-refractivity contribution in [1.29, 1.82) is 0 Å². The van der Waals surface area contributed by atoms with Gasteiger partial charge in [-0.15, -0.1) is 0 Å². The molecule has 0 fully saturated rings. The third kappa shape index (κ3) is 2.53. The van der Waals surface area contributed by atoms with E-state index in [0.29, 0.717) is 27.5 Å². The second-order valence-corrected chi connectivity index (χ2v) is 4.76. The Kier molecular flexibility index (Phi) is 3.44. The average molecular weight is 280 g/mol. The lowest BCUT2D eigenvalue weighted by Gasteiger charge is -2.14. The number of aromatic hydroxyl groups is 3. The smallest absolute Gasteiger partial charge is 0.142 e. The van der Waals surface area contributed by atoms with Crippen molar-refractivity contribution < 1.29 is 15.3 Å². The van der Waals surface area contributed by atoms with Gasteiger partial charge >= 0.3 is 0 Å². The fraction of sp³-hybridized carbons (Fsp3) is 0.143. The molecule has 4 N–H and O–H groups in total. The second kappa shape index (κ2) is 4.90. The molecular formula is C14H14ClNO3. The highest BCUT2D eigenvalue weighted by molar-refractivity contribution is 6.31. The molecule has 0 aromatic heterocycles. The van der Waals surface area contributed by atoms with Crippen LogP contribution in [0.3, 0.4) is 0 Å². The molecular weight excluding hydrogens is 266 g/mol. The largest absolute Gasteiger partial charge is 0.508 e. The Hall–Kier alpha value is -2.07. The molecule has 2 aromatic rings. The van der Waals surface area contributed by atoms with Crippen molar-refractivity contribution >= 4 is 23.0 Å². The monoisotopic (exact) mass is 279 g/mol. The summed E-state index contributed by atoms with van der Waals surface area (Å²) in [5, 5.41) is 32.8. The number of phenols is 3. The fourth-order valence-corrected chi connectivity index (χ4v) is 1.91. The van der Waals surface area contributed by atoms with E-state index < -0.39 is 0 Å². The van der Waals surface area contributed by atoms with E-state index in [1.807, 2.05) is 0 Å². The Morgan fingerprint density at radius 2 is 1.58 bits per heavy atom. The van der Waals surface area contributed by atoms with E-state index in [0.717, 1.165) is 0 Å². The highest BCUT2D eigenvalue weighted by Crippen LogP contribution is 2.39. The van der Waals surface area contributed by atoms with E-state index in [1.165, 1.54) is 18.2 Å². The van der Waals surface area contributed by atoms with Gasteiger partial charge in [0.05, 0.1) is 11.4 Å². The van der Waals surface area contributed by atoms with Crippen LogP contribution in [0.25, 0.3) is 0 Å². The summed E-state index contributed by atoms with van der Waals surface area (Å²) in [6.07, 6.45) is 0. The van der Waals surface area contributed by atoms with Gasteiger partial charge in [-0.3, -0.25) is 0 Å². The normalized spacial score (nSPS) is 10.5. The van der Waals surface area contributed by atoms with Crippen molar-refractivity contribution in [3.8, 4) is 17.2 Å². The summed E-state index contributed by atoms with van der Waals surface area (Å²) in [6.45, 7) is 3.42. The molecule has 100 valence electrons. The predicted octanol–water partition coefficient (Wildman–Crippen LogP) is 3.82. The summed E-state index contributed by atoms with van der Waals surface area (Å²) < 4.78 is 0. The number of anilines is 2. The predicted molar refractivity (Wildman–Crippen MR) is 75.6 cm³/mol. The molecule has 0 spiro atoms. The molecule has 0 unspecified atom stereocenters. The van der Waals surface area contributed by atoms with Crippen LogP contribution in [0.2, 0.25) is 5.02 Å². The number of phenolic OH excluding ortho intramolecular Hbond substituents is 3. The molecule has 0 aliphatic carbocycles. The van der Waals surface area contributed by atoms with Gasteiger partial charge in [0.15, 0.2) is 0 Å². The van der Waals surface area contributed by atoms with Crippen LogP contribution in [0, 0.1) is 13.8 Å². The zero-order valence-electron chi connectivity index (χ0n) is 10.5. The van der Waals surface area contributed by atoms with Gasteiger partial charge in [0.25, 0.3) is 0 Å². The van der Waals surface area contributed by atoms with E-state index in [-0.39, 0.29) is 17.2 Å². The topological polar surface area (TPSA) is 72.7 Å². The van der Waals surface area contributed by atoms with Crippen molar-refractivity contribution in [3.63, 3.8) is 0 Å². The molecule has 0 heterocycles. The first kappa shape index (κ1) is 13.4. The van der Waals surface area contributed by atoms with Gasteiger partial charge in [-0.25, -0.2) is 0 Å². The van der Waals surface area contributed by atoms with Crippen molar-refractivity contribution in [3.05, 3.63) is 40.4 Å². The summed E-state index contributed by atoms with van der Waals surface area (Å²) in [6, 6.07) is 5.93. The standard InChI is InChI=1S/C14H14ClNO3/c1-7-8(2)14(19)11(6-13(7)18)16-10-5-9(15)3-4-12(10)17/h3-6,16-19H,1-2H3. The van der Waals surface area contributed by atoms with Crippen molar-refractivity contribution in [2.45, 2.75) is 13.8 Å². The lowest BCUT2D eigenvalue weighted by Crippen LogP contribution is -1.94. The van der Waals surface area contributed by atoms with Gasteiger partial charge in [-0.1, -0.05) is 11.6 Å². The number of halogens is 1. The molecule has 0 atom stereocenters. The van der Waals surface area contributed by atoms with E-state index in [1.54, 1.807) is 19.9 Å². The summed E-state index contributed by atoms with van der Waals surface area (Å²) in [7, 11) is 0. The third-order valence-corrected chi connectivity index (χ3v) is 3.30. The Bertz CT molecular complexity index is 641. The molecule has 0 radical (unpaired) electrons. The molecule has 19 heavy (non-hydrogen) atoms. The molecule has 0 saturated carbocycles. The molecule has 4 nitrogen and oxygen atoms in total. The van der Waals surface area contributed by atoms with Gasteiger partial charge in [-0.05, 0) is 43.2 Å². The van der Waals surface area contributed by atoms with Crippen molar-refractivity contribution in [1.82, 2.24) is 0 Å². The first-order valence-electron chi connectivity index (χ1n) is 5.68. The second-order valence-electron chi connectivity index (χ2n) is 4.33. The number of benzene rings is 2. The van der Waals surface area contributed by atoms with Gasteiger partial charge in [0, 0.05) is 11.1 Å². The summed E-state index contributed by atoms with van der Waals surface area (Å²) in [5.74, 6) is 0.0931. The van der Waals surface area contributed by atoms with E-state index in [4.69, 9.17) is 11.6 Å². The Morgan fingerprint density at radius 3 is 2.26 bits per heavy atom. The van der Waals surface area contributed by atoms with E-state index in [9.17, 15) is 15.3 Å². The molecule has 2 rings (SSSR count). The zero-order chi connectivity index (χ0) is 14.2. The highest BCUT2D eigenvalue weighted by atomic mass is 35.5. The summed E-state index contributed by atoms with van der Waals surface area (Å²) in [4.78, 5) is 0. The fourth-order valence-electron chi connectivity index (χ4n) is 1.73. The molecule has 0 aliphatic heterocycles. The van der Waals surface area contributed by atoms with Crippen molar-refractivity contribution in [2.24, 2.45) is 0 Å². The molecule has 0 aliphatic rings. The maximum absolute atomic E-state index is 10.0. The van der Waals surface area contributed by atoms with Crippen LogP contribution >= 0.6 is 11.6 Å². The first-order valence-corrected chi connectivity index (χ1v) is 6.05. The highest BCUT2D eigenvalue weighted by Gasteiger charge is 2.12. The number of hydrogen-bond acceptors (Lipinski definition) is 4. The average Bonchev–Trinajstić information content (AvgIpc) is 2.37. The van der Waals surface area contributed by atoms with Crippen LogP contribution in [-0.2, 0) is 0 Å². The lowest BCUT2D eigenvalue weighted by atomic mass is 10.1. The quantitative estimate of drug-likeness (QED) is 0.498.